The van der Waals surface area contributed by atoms with Gasteiger partial charge in [0.25, 0.3) is 0 Å². The van der Waals surface area contributed by atoms with Crippen molar-refractivity contribution in [2.24, 2.45) is 0 Å². The van der Waals surface area contributed by atoms with Crippen LogP contribution in [0.15, 0.2) is 0 Å². The maximum Gasteiger partial charge on any atom is 0.214 e. The second-order valence-corrected chi connectivity index (χ2v) is 6.12. The molecule has 0 N–H and O–H groups in total. The van der Waals surface area contributed by atoms with Crippen LogP contribution < -0.4 is 0 Å². The van der Waals surface area contributed by atoms with E-state index in [0.29, 0.717) is 6.54 Å². The van der Waals surface area contributed by atoms with Gasteiger partial charge in [0.1, 0.15) is 0 Å². The predicted molar refractivity (Wildman–Crippen MR) is 48.1 cm³/mol. The van der Waals surface area contributed by atoms with Crippen molar-refractivity contribution < 1.29 is 8.42 Å². The number of nitrogens with zero attached hydrogens (tertiary/aromatic N) is 1. The van der Waals surface area contributed by atoms with Crippen LogP contribution in [0, 0.1) is 0 Å². The zero-order valence-corrected chi connectivity index (χ0v) is 8.41. The van der Waals surface area contributed by atoms with E-state index in [0.717, 1.165) is 5.75 Å². The third-order valence-corrected chi connectivity index (χ3v) is 5.03. The molecule has 1 atom stereocenters. The fourth-order valence-corrected chi connectivity index (χ4v) is 3.87. The Morgan fingerprint density at radius 3 is 2.64 bits per heavy atom. The summed E-state index contributed by atoms with van der Waals surface area (Å²) >= 11 is 1.69. The molecule has 0 bridgehead atoms. The Kier molecular flexibility index (Phi) is 2.83. The first-order valence-electron chi connectivity index (χ1n) is 3.69. The first-order chi connectivity index (χ1) is 5.08. The Bertz CT molecular complexity index is 225. The molecule has 0 saturated carbocycles. The van der Waals surface area contributed by atoms with Crippen LogP contribution in [0.4, 0.5) is 0 Å². The number of hydrogen-bond acceptors (Lipinski definition) is 3. The first-order valence-corrected chi connectivity index (χ1v) is 6.35. The third kappa shape index (κ3) is 1.89. The summed E-state index contributed by atoms with van der Waals surface area (Å²) in [6, 6.07) is 0. The highest BCUT2D eigenvalue weighted by atomic mass is 32.2. The summed E-state index contributed by atoms with van der Waals surface area (Å²) in [7, 11) is -2.93. The fourth-order valence-electron chi connectivity index (χ4n) is 1.11. The molecule has 3 nitrogen and oxygen atoms in total. The fraction of sp³-hybridized carbons (Fsp3) is 1.00. The highest BCUT2D eigenvalue weighted by Crippen LogP contribution is 2.25. The summed E-state index contributed by atoms with van der Waals surface area (Å²) in [5.74, 6) is 1.15. The minimum Gasteiger partial charge on any atom is -0.212 e. The van der Waals surface area contributed by atoms with Crippen LogP contribution in [0.2, 0.25) is 0 Å². The lowest BCUT2D eigenvalue weighted by molar-refractivity contribution is 0.443. The van der Waals surface area contributed by atoms with Crippen LogP contribution in [0.3, 0.4) is 0 Å². The van der Waals surface area contributed by atoms with Crippen LogP contribution in [-0.2, 0) is 10.0 Å². The number of thioether (sulfide) groups is 1. The van der Waals surface area contributed by atoms with Crippen molar-refractivity contribution in [3.8, 4) is 0 Å². The van der Waals surface area contributed by atoms with Gasteiger partial charge in [-0.1, -0.05) is 0 Å². The van der Waals surface area contributed by atoms with Gasteiger partial charge >= 0.3 is 0 Å². The molecule has 1 aliphatic heterocycles. The van der Waals surface area contributed by atoms with Gasteiger partial charge in [-0.25, -0.2) is 8.42 Å². The van der Waals surface area contributed by atoms with Crippen molar-refractivity contribution in [1.82, 2.24) is 4.31 Å². The van der Waals surface area contributed by atoms with Crippen molar-refractivity contribution >= 4 is 21.8 Å². The third-order valence-electron chi connectivity index (χ3n) is 1.80. The average molecular weight is 195 g/mol. The van der Waals surface area contributed by atoms with Crippen molar-refractivity contribution in [3.05, 3.63) is 0 Å². The normalized spacial score (nSPS) is 27.6. The van der Waals surface area contributed by atoms with Gasteiger partial charge in [-0.3, -0.25) is 0 Å². The second-order valence-electron chi connectivity index (χ2n) is 2.48. The Hall–Kier alpha value is 0.260. The smallest absolute Gasteiger partial charge is 0.212 e. The minimum atomic E-state index is -2.93. The lowest BCUT2D eigenvalue weighted by Gasteiger charge is -2.18. The van der Waals surface area contributed by atoms with E-state index in [9.17, 15) is 8.42 Å². The van der Waals surface area contributed by atoms with E-state index in [1.165, 1.54) is 0 Å². The highest BCUT2D eigenvalue weighted by Gasteiger charge is 2.29. The van der Waals surface area contributed by atoms with E-state index in [-0.39, 0.29) is 11.1 Å². The Balaban J connectivity index is 2.75. The minimum absolute atomic E-state index is 0.139. The van der Waals surface area contributed by atoms with Crippen molar-refractivity contribution in [3.63, 3.8) is 0 Å². The van der Waals surface area contributed by atoms with Gasteiger partial charge in [0.05, 0.1) is 11.1 Å². The monoisotopic (exact) mass is 195 g/mol. The van der Waals surface area contributed by atoms with Gasteiger partial charge in [0, 0.05) is 12.3 Å². The Morgan fingerprint density at radius 2 is 2.27 bits per heavy atom. The highest BCUT2D eigenvalue weighted by molar-refractivity contribution is 8.01. The van der Waals surface area contributed by atoms with Gasteiger partial charge in [0.2, 0.25) is 10.0 Å². The molecule has 1 saturated heterocycles. The molecular weight excluding hydrogens is 182 g/mol. The van der Waals surface area contributed by atoms with E-state index < -0.39 is 10.0 Å². The summed E-state index contributed by atoms with van der Waals surface area (Å²) in [6.45, 7) is 4.30. The number of hydrogen-bond donors (Lipinski definition) is 0. The molecule has 0 aromatic rings. The number of rotatable bonds is 2. The first kappa shape index (κ1) is 9.35. The van der Waals surface area contributed by atoms with Crippen molar-refractivity contribution in [2.75, 3.05) is 18.1 Å². The zero-order valence-electron chi connectivity index (χ0n) is 6.78. The molecule has 0 amide bonds. The quantitative estimate of drug-likeness (QED) is 0.652. The maximum absolute atomic E-state index is 11.3. The summed E-state index contributed by atoms with van der Waals surface area (Å²) < 4.78 is 24.2. The van der Waals surface area contributed by atoms with E-state index in [4.69, 9.17) is 0 Å². The molecule has 1 fully saturated rings. The topological polar surface area (TPSA) is 37.4 Å². The molecule has 66 valence electrons. The molecular formula is C6H13NO2S2. The molecule has 11 heavy (non-hydrogen) atoms. The van der Waals surface area contributed by atoms with Crippen LogP contribution in [0.25, 0.3) is 0 Å². The van der Waals surface area contributed by atoms with E-state index in [1.54, 1.807) is 23.0 Å². The maximum atomic E-state index is 11.3. The van der Waals surface area contributed by atoms with E-state index in [2.05, 4.69) is 0 Å². The summed E-state index contributed by atoms with van der Waals surface area (Å²) in [5.41, 5.74) is 0. The van der Waals surface area contributed by atoms with E-state index >= 15 is 0 Å². The Labute approximate surface area is 72.2 Å². The molecule has 0 radical (unpaired) electrons. The SMILES string of the molecule is CCS(=O)(=O)N1CCSC1C. The largest absolute Gasteiger partial charge is 0.214 e. The lowest BCUT2D eigenvalue weighted by atomic mass is 10.7. The molecule has 1 heterocycles. The van der Waals surface area contributed by atoms with Gasteiger partial charge in [-0.2, -0.15) is 4.31 Å². The van der Waals surface area contributed by atoms with Gasteiger partial charge in [-0.05, 0) is 13.8 Å². The molecule has 1 aliphatic rings. The summed E-state index contributed by atoms with van der Waals surface area (Å²) in [6.07, 6.45) is 0. The average Bonchev–Trinajstić information content (AvgIpc) is 2.36. The van der Waals surface area contributed by atoms with Crippen molar-refractivity contribution in [2.45, 2.75) is 19.2 Å². The van der Waals surface area contributed by atoms with E-state index in [1.807, 2.05) is 6.92 Å². The Morgan fingerprint density at radius 1 is 1.64 bits per heavy atom. The van der Waals surface area contributed by atoms with Gasteiger partial charge in [-0.15, -0.1) is 11.8 Å². The molecule has 0 spiro atoms. The summed E-state index contributed by atoms with van der Waals surface area (Å²) in [5, 5.41) is 0.139. The molecule has 0 aromatic carbocycles. The second kappa shape index (κ2) is 3.33. The van der Waals surface area contributed by atoms with Gasteiger partial charge in [0.15, 0.2) is 0 Å². The predicted octanol–water partition coefficient (Wildman–Crippen LogP) is 0.731. The lowest BCUT2D eigenvalue weighted by Crippen LogP contribution is -2.34. The van der Waals surface area contributed by atoms with Crippen LogP contribution in [-0.4, -0.2) is 36.1 Å². The molecule has 0 aromatic heterocycles. The molecule has 5 heteroatoms. The molecule has 1 rings (SSSR count). The standard InChI is InChI=1S/C6H13NO2S2/c1-3-11(8,9)7-4-5-10-6(7)2/h6H,3-5H2,1-2H3. The summed E-state index contributed by atoms with van der Waals surface area (Å²) in [4.78, 5) is 0. The molecule has 0 aliphatic carbocycles. The number of sulfonamides is 1. The van der Waals surface area contributed by atoms with Crippen LogP contribution in [0.1, 0.15) is 13.8 Å². The van der Waals surface area contributed by atoms with Crippen molar-refractivity contribution in [1.29, 1.82) is 0 Å². The van der Waals surface area contributed by atoms with Crippen LogP contribution in [0.5, 0.6) is 0 Å². The van der Waals surface area contributed by atoms with Crippen LogP contribution >= 0.6 is 11.8 Å². The molecule has 1 unspecified atom stereocenters. The zero-order chi connectivity index (χ0) is 8.48. The van der Waals surface area contributed by atoms with Gasteiger partial charge < -0.3 is 0 Å².